The molecule has 0 bridgehead atoms. The highest BCUT2D eigenvalue weighted by atomic mass is 16.7. The van der Waals surface area contributed by atoms with E-state index in [2.05, 4.69) is 0 Å². The second-order valence-electron chi connectivity index (χ2n) is 3.98. The van der Waals surface area contributed by atoms with Crippen molar-refractivity contribution >= 4 is 11.9 Å². The molecular weight excluding hydrogens is 228 g/mol. The highest BCUT2D eigenvalue weighted by molar-refractivity contribution is 5.67. The summed E-state index contributed by atoms with van der Waals surface area (Å²) in [6, 6.07) is 0. The number of carbonyl (C=O) groups excluding carboxylic acids is 2. The van der Waals surface area contributed by atoms with Gasteiger partial charge in [-0.05, 0) is 6.92 Å². The van der Waals surface area contributed by atoms with E-state index in [9.17, 15) is 9.59 Å². The molecule has 1 fully saturated rings. The normalized spacial score (nSPS) is 32.9. The van der Waals surface area contributed by atoms with Gasteiger partial charge in [-0.2, -0.15) is 0 Å². The van der Waals surface area contributed by atoms with Gasteiger partial charge in [0.2, 0.25) is 6.29 Å². The maximum Gasteiger partial charge on any atom is 0.305 e. The number of hydrogen-bond acceptors (Lipinski definition) is 6. The van der Waals surface area contributed by atoms with Gasteiger partial charge < -0.3 is 18.9 Å². The first-order valence-corrected chi connectivity index (χ1v) is 5.46. The zero-order valence-electron chi connectivity index (χ0n) is 10.5. The Hall–Kier alpha value is -1.14. The first kappa shape index (κ1) is 13.9. The minimum atomic E-state index is -0.863. The summed E-state index contributed by atoms with van der Waals surface area (Å²) >= 11 is 0. The maximum absolute atomic E-state index is 11.0. The fourth-order valence-corrected chi connectivity index (χ4v) is 1.79. The van der Waals surface area contributed by atoms with Crippen LogP contribution in [0.4, 0.5) is 0 Å². The predicted octanol–water partition coefficient (Wildman–Crippen LogP) is 0.631. The van der Waals surface area contributed by atoms with Crippen molar-refractivity contribution in [3.05, 3.63) is 0 Å². The minimum Gasteiger partial charge on any atom is -0.456 e. The molecule has 0 aromatic rings. The number of methoxy groups -OCH3 is 1. The number of rotatable bonds is 3. The van der Waals surface area contributed by atoms with Crippen LogP contribution in [0.1, 0.15) is 27.2 Å². The summed E-state index contributed by atoms with van der Waals surface area (Å²) < 4.78 is 20.7. The molecule has 17 heavy (non-hydrogen) atoms. The molecule has 1 aliphatic rings. The topological polar surface area (TPSA) is 71.1 Å². The molecule has 6 heteroatoms. The van der Waals surface area contributed by atoms with E-state index in [4.69, 9.17) is 18.9 Å². The lowest BCUT2D eigenvalue weighted by molar-refractivity contribution is -0.261. The molecule has 0 aromatic heterocycles. The van der Waals surface area contributed by atoms with Crippen LogP contribution in [-0.2, 0) is 28.5 Å². The van der Waals surface area contributed by atoms with Crippen LogP contribution in [0.3, 0.4) is 0 Å². The van der Waals surface area contributed by atoms with E-state index in [1.807, 2.05) is 6.92 Å². The van der Waals surface area contributed by atoms with Crippen LogP contribution in [0.2, 0.25) is 0 Å². The van der Waals surface area contributed by atoms with Gasteiger partial charge in [-0.1, -0.05) is 0 Å². The van der Waals surface area contributed by atoms with Crippen LogP contribution >= 0.6 is 0 Å². The number of hydrogen-bond donors (Lipinski definition) is 0. The quantitative estimate of drug-likeness (QED) is 0.680. The van der Waals surface area contributed by atoms with E-state index in [1.54, 1.807) is 7.11 Å². The van der Waals surface area contributed by atoms with Crippen molar-refractivity contribution in [2.75, 3.05) is 7.11 Å². The van der Waals surface area contributed by atoms with Crippen molar-refractivity contribution in [2.45, 2.75) is 51.8 Å². The Morgan fingerprint density at radius 2 is 1.71 bits per heavy atom. The molecule has 1 saturated heterocycles. The summed E-state index contributed by atoms with van der Waals surface area (Å²) in [5.41, 5.74) is 0. The monoisotopic (exact) mass is 246 g/mol. The molecule has 98 valence electrons. The van der Waals surface area contributed by atoms with E-state index < -0.39 is 24.3 Å². The highest BCUT2D eigenvalue weighted by Gasteiger charge is 2.40. The van der Waals surface area contributed by atoms with E-state index in [-0.39, 0.29) is 12.2 Å². The van der Waals surface area contributed by atoms with Gasteiger partial charge in [0.25, 0.3) is 0 Å². The Bertz CT molecular complexity index is 290. The highest BCUT2D eigenvalue weighted by Crippen LogP contribution is 2.25. The molecule has 0 N–H and O–H groups in total. The van der Waals surface area contributed by atoms with Crippen molar-refractivity contribution < 1.29 is 28.5 Å². The van der Waals surface area contributed by atoms with Crippen LogP contribution in [0, 0.1) is 0 Å². The molecule has 0 radical (unpaired) electrons. The van der Waals surface area contributed by atoms with Crippen LogP contribution in [-0.4, -0.2) is 43.7 Å². The van der Waals surface area contributed by atoms with Crippen LogP contribution in [0.15, 0.2) is 0 Å². The Labute approximate surface area is 100 Å². The predicted molar refractivity (Wildman–Crippen MR) is 57.1 cm³/mol. The fraction of sp³-hybridized carbons (Fsp3) is 0.818. The standard InChI is InChI=1S/C11H18O6/c1-6-9(14-4)5-10(16-7(2)12)11(15-6)17-8(3)13/h6,9-11H,5H2,1-4H3/t6-,9+,10-,11?/m1/s1. The number of esters is 2. The van der Waals surface area contributed by atoms with Crippen molar-refractivity contribution in [1.29, 1.82) is 0 Å². The van der Waals surface area contributed by atoms with E-state index in [0.717, 1.165) is 0 Å². The van der Waals surface area contributed by atoms with E-state index >= 15 is 0 Å². The summed E-state index contributed by atoms with van der Waals surface area (Å²) in [5.74, 6) is -0.921. The first-order valence-electron chi connectivity index (χ1n) is 5.46. The summed E-state index contributed by atoms with van der Waals surface area (Å²) in [4.78, 5) is 21.9. The number of carbonyl (C=O) groups is 2. The molecule has 6 nitrogen and oxygen atoms in total. The lowest BCUT2D eigenvalue weighted by Crippen LogP contribution is -2.49. The second-order valence-corrected chi connectivity index (χ2v) is 3.98. The van der Waals surface area contributed by atoms with Crippen molar-refractivity contribution in [2.24, 2.45) is 0 Å². The summed E-state index contributed by atoms with van der Waals surface area (Å²) in [6.45, 7) is 4.39. The summed E-state index contributed by atoms with van der Waals surface area (Å²) in [5, 5.41) is 0. The first-order chi connectivity index (χ1) is 7.93. The minimum absolute atomic E-state index is 0.189. The van der Waals surface area contributed by atoms with Crippen LogP contribution in [0.25, 0.3) is 0 Å². The van der Waals surface area contributed by atoms with E-state index in [0.29, 0.717) is 6.42 Å². The molecule has 1 heterocycles. The Kier molecular flexibility index (Phi) is 4.89. The molecule has 1 rings (SSSR count). The van der Waals surface area contributed by atoms with Gasteiger partial charge in [-0.3, -0.25) is 9.59 Å². The third-order valence-electron chi connectivity index (χ3n) is 2.54. The van der Waals surface area contributed by atoms with Crippen molar-refractivity contribution in [3.8, 4) is 0 Å². The van der Waals surface area contributed by atoms with Gasteiger partial charge in [0, 0.05) is 27.4 Å². The zero-order valence-corrected chi connectivity index (χ0v) is 10.5. The van der Waals surface area contributed by atoms with Gasteiger partial charge in [0.1, 0.15) is 0 Å². The number of ether oxygens (including phenoxy) is 4. The summed E-state index contributed by atoms with van der Waals surface area (Å²) in [7, 11) is 1.56. The van der Waals surface area contributed by atoms with Gasteiger partial charge in [0.15, 0.2) is 6.10 Å². The fourth-order valence-electron chi connectivity index (χ4n) is 1.79. The Morgan fingerprint density at radius 3 is 2.18 bits per heavy atom. The van der Waals surface area contributed by atoms with E-state index in [1.165, 1.54) is 13.8 Å². The Balaban J connectivity index is 2.70. The molecule has 4 atom stereocenters. The van der Waals surface area contributed by atoms with Gasteiger partial charge in [-0.25, -0.2) is 0 Å². The molecule has 1 aliphatic heterocycles. The third kappa shape index (κ3) is 3.98. The van der Waals surface area contributed by atoms with Crippen molar-refractivity contribution in [1.82, 2.24) is 0 Å². The Morgan fingerprint density at radius 1 is 1.12 bits per heavy atom. The van der Waals surface area contributed by atoms with Crippen molar-refractivity contribution in [3.63, 3.8) is 0 Å². The third-order valence-corrected chi connectivity index (χ3v) is 2.54. The second kappa shape index (κ2) is 5.97. The smallest absolute Gasteiger partial charge is 0.305 e. The van der Waals surface area contributed by atoms with Crippen LogP contribution in [0.5, 0.6) is 0 Å². The van der Waals surface area contributed by atoms with Crippen LogP contribution < -0.4 is 0 Å². The SMILES string of the molecule is CO[C@H]1C[C@@H](OC(C)=O)C(OC(C)=O)O[C@@H]1C. The van der Waals surface area contributed by atoms with Gasteiger partial charge in [-0.15, -0.1) is 0 Å². The maximum atomic E-state index is 11.0. The molecule has 0 spiro atoms. The zero-order chi connectivity index (χ0) is 13.0. The summed E-state index contributed by atoms with van der Waals surface area (Å²) in [6.07, 6.45) is -1.47. The molecule has 0 amide bonds. The lowest BCUT2D eigenvalue weighted by atomic mass is 10.0. The molecule has 0 saturated carbocycles. The lowest BCUT2D eigenvalue weighted by Gasteiger charge is -2.37. The average Bonchev–Trinajstić information content (AvgIpc) is 2.20. The molecule has 1 unspecified atom stereocenters. The molecule has 0 aliphatic carbocycles. The van der Waals surface area contributed by atoms with Gasteiger partial charge in [0.05, 0.1) is 12.2 Å². The largest absolute Gasteiger partial charge is 0.456 e. The molecular formula is C11H18O6. The molecule has 0 aromatic carbocycles. The average molecular weight is 246 g/mol. The van der Waals surface area contributed by atoms with Gasteiger partial charge >= 0.3 is 11.9 Å².